The highest BCUT2D eigenvalue weighted by molar-refractivity contribution is 5.69. The molecule has 166 valence electrons. The maximum absolute atomic E-state index is 11.5. The van der Waals surface area contributed by atoms with E-state index in [1.165, 1.54) is 27.9 Å². The summed E-state index contributed by atoms with van der Waals surface area (Å²) in [7, 11) is 1.35. The summed E-state index contributed by atoms with van der Waals surface area (Å²) in [6.07, 6.45) is -0.640. The predicted molar refractivity (Wildman–Crippen MR) is 97.5 cm³/mol. The summed E-state index contributed by atoms with van der Waals surface area (Å²) in [6.45, 7) is 3.90. The number of unbranched alkanes of at least 4 members (excludes halogenated alkanes) is 2. The Bertz CT molecular complexity index is 561. The van der Waals surface area contributed by atoms with Crippen molar-refractivity contribution in [2.45, 2.75) is 77.5 Å². The highest BCUT2D eigenvalue weighted by atomic mass is 16.7. The Hall–Kier alpha value is -2.20. The minimum Gasteiger partial charge on any atom is -0.469 e. The molecule has 1 aliphatic rings. The lowest BCUT2D eigenvalue weighted by molar-refractivity contribution is -0.266. The molecule has 1 rings (SSSR count). The first-order valence-electron chi connectivity index (χ1n) is 9.54. The molecule has 10 heteroatoms. The second-order valence-corrected chi connectivity index (χ2v) is 6.62. The van der Waals surface area contributed by atoms with Crippen molar-refractivity contribution in [3.05, 3.63) is 0 Å². The van der Waals surface area contributed by atoms with Crippen LogP contribution in [0.5, 0.6) is 0 Å². The number of carbonyl (C=O) groups excluding carboxylic acids is 4. The zero-order chi connectivity index (χ0) is 21.8. The number of ether oxygens (including phenoxy) is 6. The van der Waals surface area contributed by atoms with E-state index in [-0.39, 0.29) is 19.0 Å². The van der Waals surface area contributed by atoms with Gasteiger partial charge in [-0.05, 0) is 12.8 Å². The molecule has 0 amide bonds. The molecule has 0 aliphatic carbocycles. The zero-order valence-corrected chi connectivity index (χ0v) is 17.3. The van der Waals surface area contributed by atoms with Gasteiger partial charge in [0.05, 0.1) is 7.11 Å². The summed E-state index contributed by atoms with van der Waals surface area (Å²) < 4.78 is 31.6. The minimum absolute atomic E-state index is 0.163. The van der Waals surface area contributed by atoms with Gasteiger partial charge in [-0.1, -0.05) is 6.42 Å². The first kappa shape index (κ1) is 24.8. The fraction of sp³-hybridized carbons (Fsp3) is 0.789. The lowest BCUT2D eigenvalue weighted by Gasteiger charge is -2.39. The van der Waals surface area contributed by atoms with E-state index in [0.717, 1.165) is 6.42 Å². The summed E-state index contributed by atoms with van der Waals surface area (Å²) >= 11 is 0. The summed E-state index contributed by atoms with van der Waals surface area (Å²) in [5.74, 6) is -1.89. The molecule has 0 bridgehead atoms. The van der Waals surface area contributed by atoms with Crippen molar-refractivity contribution >= 4 is 23.9 Å². The van der Waals surface area contributed by atoms with Crippen LogP contribution in [0.2, 0.25) is 0 Å². The number of esters is 4. The van der Waals surface area contributed by atoms with Gasteiger partial charge in [0.2, 0.25) is 0 Å². The molecule has 0 spiro atoms. The Labute approximate surface area is 170 Å². The Morgan fingerprint density at radius 3 is 2.21 bits per heavy atom. The van der Waals surface area contributed by atoms with E-state index in [2.05, 4.69) is 4.74 Å². The fourth-order valence-electron chi connectivity index (χ4n) is 2.87. The van der Waals surface area contributed by atoms with E-state index in [9.17, 15) is 19.2 Å². The Balaban J connectivity index is 2.64. The fourth-order valence-corrected chi connectivity index (χ4v) is 2.87. The van der Waals surface area contributed by atoms with Crippen LogP contribution in [0.4, 0.5) is 0 Å². The van der Waals surface area contributed by atoms with Gasteiger partial charge < -0.3 is 28.4 Å². The molecule has 10 nitrogen and oxygen atoms in total. The van der Waals surface area contributed by atoms with Crippen molar-refractivity contribution in [2.75, 3.05) is 20.3 Å². The Kier molecular flexibility index (Phi) is 11.2. The van der Waals surface area contributed by atoms with Crippen LogP contribution in [0.1, 0.15) is 52.9 Å². The van der Waals surface area contributed by atoms with Gasteiger partial charge in [0.1, 0.15) is 18.8 Å². The monoisotopic (exact) mass is 418 g/mol. The topological polar surface area (TPSA) is 124 Å². The summed E-state index contributed by atoms with van der Waals surface area (Å²) in [4.78, 5) is 45.2. The van der Waals surface area contributed by atoms with Crippen molar-refractivity contribution in [3.8, 4) is 0 Å². The molecule has 1 saturated heterocycles. The quantitative estimate of drug-likeness (QED) is 0.275. The van der Waals surface area contributed by atoms with Gasteiger partial charge in [-0.3, -0.25) is 19.2 Å². The number of methoxy groups -OCH3 is 1. The molecule has 0 aromatic carbocycles. The summed E-state index contributed by atoms with van der Waals surface area (Å²) in [5.41, 5.74) is 0. The third-order valence-electron chi connectivity index (χ3n) is 4.11. The number of hydrogen-bond donors (Lipinski definition) is 0. The molecule has 1 fully saturated rings. The average molecular weight is 418 g/mol. The molecule has 4 atom stereocenters. The van der Waals surface area contributed by atoms with E-state index >= 15 is 0 Å². The molecule has 1 aliphatic heterocycles. The maximum atomic E-state index is 11.5. The highest BCUT2D eigenvalue weighted by Crippen LogP contribution is 2.27. The van der Waals surface area contributed by atoms with Crippen molar-refractivity contribution in [2.24, 2.45) is 0 Å². The van der Waals surface area contributed by atoms with Crippen LogP contribution in [0, 0.1) is 0 Å². The van der Waals surface area contributed by atoms with Crippen LogP contribution in [-0.2, 0) is 47.6 Å². The van der Waals surface area contributed by atoms with Crippen LogP contribution in [0.3, 0.4) is 0 Å². The second-order valence-electron chi connectivity index (χ2n) is 6.62. The van der Waals surface area contributed by atoms with Crippen molar-refractivity contribution in [1.29, 1.82) is 0 Å². The van der Waals surface area contributed by atoms with E-state index in [4.69, 9.17) is 23.7 Å². The molecule has 29 heavy (non-hydrogen) atoms. The second kappa shape index (κ2) is 13.1. The number of carbonyl (C=O) groups is 4. The van der Waals surface area contributed by atoms with Gasteiger partial charge in [0, 0.05) is 40.2 Å². The first-order valence-corrected chi connectivity index (χ1v) is 9.54. The van der Waals surface area contributed by atoms with Gasteiger partial charge in [0.25, 0.3) is 0 Å². The van der Waals surface area contributed by atoms with Crippen LogP contribution in [-0.4, -0.2) is 68.8 Å². The van der Waals surface area contributed by atoms with E-state index < -0.39 is 42.5 Å². The lowest BCUT2D eigenvalue weighted by Crippen LogP contribution is -2.54. The molecule has 0 aromatic rings. The third-order valence-corrected chi connectivity index (χ3v) is 4.11. The van der Waals surface area contributed by atoms with Crippen LogP contribution in [0.15, 0.2) is 0 Å². The predicted octanol–water partition coefficient (Wildman–Crippen LogP) is 1.28. The molecule has 0 saturated carbocycles. The Morgan fingerprint density at radius 1 is 0.931 bits per heavy atom. The largest absolute Gasteiger partial charge is 0.469 e. The van der Waals surface area contributed by atoms with E-state index in [1.807, 2.05) is 0 Å². The summed E-state index contributed by atoms with van der Waals surface area (Å²) in [6, 6.07) is 0. The molecule has 0 N–H and O–H groups in total. The van der Waals surface area contributed by atoms with Gasteiger partial charge in [-0.25, -0.2) is 0 Å². The molecular formula is C19H30O10. The number of rotatable bonds is 11. The smallest absolute Gasteiger partial charge is 0.305 e. The maximum Gasteiger partial charge on any atom is 0.305 e. The van der Waals surface area contributed by atoms with Crippen LogP contribution in [0.25, 0.3) is 0 Å². The van der Waals surface area contributed by atoms with Gasteiger partial charge in [-0.15, -0.1) is 0 Å². The van der Waals surface area contributed by atoms with Crippen molar-refractivity contribution in [3.63, 3.8) is 0 Å². The van der Waals surface area contributed by atoms with E-state index in [0.29, 0.717) is 25.9 Å². The normalized spacial score (nSPS) is 23.7. The molecule has 0 radical (unpaired) electrons. The molecule has 1 heterocycles. The average Bonchev–Trinajstić information content (AvgIpc) is 2.63. The van der Waals surface area contributed by atoms with Crippen LogP contribution < -0.4 is 0 Å². The standard InChI is InChI=1S/C19H30O10/c1-12(20)26-11-16-19(28-14(3)22)15(27-13(2)21)10-18(29-16)25-9-7-5-6-8-17(23)24-4/h15-16,18-19H,5-11H2,1-4H3/t15-,16+,18-,19+/m0/s1. The first-order chi connectivity index (χ1) is 13.7. The third kappa shape index (κ3) is 10.2. The summed E-state index contributed by atoms with van der Waals surface area (Å²) in [5, 5.41) is 0. The Morgan fingerprint density at radius 2 is 1.62 bits per heavy atom. The zero-order valence-electron chi connectivity index (χ0n) is 17.3. The van der Waals surface area contributed by atoms with Crippen molar-refractivity contribution in [1.82, 2.24) is 0 Å². The SMILES string of the molecule is COC(=O)CCCCCO[C@@H]1C[C@H](OC(C)=O)[C@@H](OC(C)=O)[C@@H](COC(C)=O)O1. The highest BCUT2D eigenvalue weighted by Gasteiger charge is 2.44. The van der Waals surface area contributed by atoms with Gasteiger partial charge in [-0.2, -0.15) is 0 Å². The lowest BCUT2D eigenvalue weighted by atomic mass is 10.0. The van der Waals surface area contributed by atoms with Crippen LogP contribution >= 0.6 is 0 Å². The van der Waals surface area contributed by atoms with Gasteiger partial charge >= 0.3 is 23.9 Å². The molecule has 0 unspecified atom stereocenters. The number of hydrogen-bond acceptors (Lipinski definition) is 10. The van der Waals surface area contributed by atoms with E-state index in [1.54, 1.807) is 0 Å². The van der Waals surface area contributed by atoms with Crippen molar-refractivity contribution < 1.29 is 47.6 Å². The minimum atomic E-state index is -0.921. The molecular weight excluding hydrogens is 388 g/mol. The van der Waals surface area contributed by atoms with Gasteiger partial charge in [0.15, 0.2) is 12.4 Å². The molecule has 0 aromatic heterocycles.